The van der Waals surface area contributed by atoms with Gasteiger partial charge in [0.05, 0.1) is 24.5 Å². The molecule has 0 unspecified atom stereocenters. The van der Waals surface area contributed by atoms with Crippen molar-refractivity contribution in [1.82, 2.24) is 0 Å². The predicted octanol–water partition coefficient (Wildman–Crippen LogP) is 5.47. The van der Waals surface area contributed by atoms with Crippen molar-refractivity contribution >= 4 is 22.1 Å². The zero-order valence-corrected chi connectivity index (χ0v) is 15.2. The summed E-state index contributed by atoms with van der Waals surface area (Å²) in [6.45, 7) is 1.47. The molecule has 4 heteroatoms. The van der Waals surface area contributed by atoms with Gasteiger partial charge in [-0.1, -0.05) is 48.5 Å². The molecule has 4 nitrogen and oxygen atoms in total. The second-order valence-electron chi connectivity index (χ2n) is 7.11. The number of rotatable bonds is 2. The maximum atomic E-state index is 6.10. The van der Waals surface area contributed by atoms with Crippen LogP contribution in [-0.4, -0.2) is 0 Å². The maximum Gasteiger partial charge on any atom is 0.161 e. The first-order chi connectivity index (χ1) is 13.9. The molecule has 0 N–H and O–H groups in total. The zero-order chi connectivity index (χ0) is 18.5. The van der Waals surface area contributed by atoms with Crippen LogP contribution < -0.4 is 19.8 Å². The maximum absolute atomic E-state index is 6.10. The number of hydroxylamine groups is 2. The van der Waals surface area contributed by atoms with Crippen molar-refractivity contribution in [3.63, 3.8) is 0 Å². The van der Waals surface area contributed by atoms with Gasteiger partial charge in [0.15, 0.2) is 11.5 Å². The third kappa shape index (κ3) is 2.31. The van der Waals surface area contributed by atoms with E-state index in [4.69, 9.17) is 9.68 Å². The first-order valence-electron chi connectivity index (χ1n) is 9.45. The van der Waals surface area contributed by atoms with E-state index in [1.165, 1.54) is 21.9 Å². The third-order valence-corrected chi connectivity index (χ3v) is 5.45. The highest BCUT2D eigenvalue weighted by Gasteiger charge is 2.28. The standard InChI is InChI=1S/C24H18N2O2/c1-3-7-17(8-4-1)25-15-21-19-12-14-24-22(20(19)11-13-23(21)27-25)16-26(28-24)18-9-5-2-6-10-18/h1-14H,15-16H2. The van der Waals surface area contributed by atoms with Gasteiger partial charge >= 0.3 is 0 Å². The fourth-order valence-corrected chi connectivity index (χ4v) is 4.05. The molecule has 0 saturated carbocycles. The molecule has 4 aromatic rings. The van der Waals surface area contributed by atoms with Crippen LogP contribution in [-0.2, 0) is 13.1 Å². The molecule has 0 spiro atoms. The number of benzene rings is 4. The molecule has 2 aliphatic heterocycles. The van der Waals surface area contributed by atoms with Gasteiger partial charge in [0.2, 0.25) is 0 Å². The van der Waals surface area contributed by atoms with Crippen molar-refractivity contribution in [3.8, 4) is 11.5 Å². The van der Waals surface area contributed by atoms with Crippen LogP contribution >= 0.6 is 0 Å². The van der Waals surface area contributed by atoms with Crippen LogP contribution in [0.2, 0.25) is 0 Å². The Morgan fingerprint density at radius 1 is 0.500 bits per heavy atom. The van der Waals surface area contributed by atoms with Gasteiger partial charge < -0.3 is 9.68 Å². The fourth-order valence-electron chi connectivity index (χ4n) is 4.05. The van der Waals surface area contributed by atoms with Crippen molar-refractivity contribution < 1.29 is 9.68 Å². The molecular weight excluding hydrogens is 348 g/mol. The van der Waals surface area contributed by atoms with Crippen molar-refractivity contribution in [2.75, 3.05) is 10.1 Å². The third-order valence-electron chi connectivity index (χ3n) is 5.45. The summed E-state index contributed by atoms with van der Waals surface area (Å²) in [4.78, 5) is 12.2. The van der Waals surface area contributed by atoms with Crippen molar-refractivity contribution in [2.45, 2.75) is 13.1 Å². The highest BCUT2D eigenvalue weighted by Crippen LogP contribution is 2.42. The zero-order valence-electron chi connectivity index (χ0n) is 15.2. The van der Waals surface area contributed by atoms with E-state index in [1.807, 2.05) is 46.5 Å². The minimum absolute atomic E-state index is 0.735. The van der Waals surface area contributed by atoms with E-state index in [0.717, 1.165) is 36.0 Å². The molecule has 0 fully saturated rings. The first kappa shape index (κ1) is 15.4. The highest BCUT2D eigenvalue weighted by atomic mass is 16.7. The lowest BCUT2D eigenvalue weighted by Gasteiger charge is -2.16. The lowest BCUT2D eigenvalue weighted by Crippen LogP contribution is -2.19. The lowest BCUT2D eigenvalue weighted by molar-refractivity contribution is 0.308. The summed E-state index contributed by atoms with van der Waals surface area (Å²) in [5.74, 6) is 1.85. The van der Waals surface area contributed by atoms with E-state index in [9.17, 15) is 0 Å². The topological polar surface area (TPSA) is 24.9 Å². The van der Waals surface area contributed by atoms with Crippen LogP contribution in [0.5, 0.6) is 11.5 Å². The van der Waals surface area contributed by atoms with Crippen LogP contribution in [0.25, 0.3) is 10.8 Å². The SMILES string of the molecule is c1ccc(N2Cc3c(ccc4c5c(ccc34)ON(c3ccccc3)C5)O2)cc1. The molecule has 136 valence electrons. The molecule has 28 heavy (non-hydrogen) atoms. The Morgan fingerprint density at radius 2 is 0.929 bits per heavy atom. The summed E-state index contributed by atoms with van der Waals surface area (Å²) < 4.78 is 0. The minimum Gasteiger partial charge on any atom is -0.379 e. The van der Waals surface area contributed by atoms with Gasteiger partial charge in [0, 0.05) is 11.1 Å². The number of fused-ring (bicyclic) bond motifs is 5. The monoisotopic (exact) mass is 366 g/mol. The van der Waals surface area contributed by atoms with Gasteiger partial charge in [-0.05, 0) is 47.2 Å². The number of nitrogens with zero attached hydrogens (tertiary/aromatic N) is 2. The highest BCUT2D eigenvalue weighted by molar-refractivity contribution is 5.93. The Bertz CT molecular complexity index is 1080. The number of para-hydroxylation sites is 2. The summed E-state index contributed by atoms with van der Waals surface area (Å²) >= 11 is 0. The van der Waals surface area contributed by atoms with Gasteiger partial charge in [-0.2, -0.15) is 0 Å². The fraction of sp³-hybridized carbons (Fsp3) is 0.0833. The quantitative estimate of drug-likeness (QED) is 0.470. The molecule has 0 aromatic heterocycles. The summed E-state index contributed by atoms with van der Waals surface area (Å²) in [7, 11) is 0. The number of hydrogen-bond donors (Lipinski definition) is 0. The van der Waals surface area contributed by atoms with E-state index < -0.39 is 0 Å². The molecule has 2 heterocycles. The lowest BCUT2D eigenvalue weighted by atomic mass is 9.99. The molecule has 0 atom stereocenters. The summed E-state index contributed by atoms with van der Waals surface area (Å²) in [6.07, 6.45) is 0. The van der Waals surface area contributed by atoms with Gasteiger partial charge in [0.25, 0.3) is 0 Å². The molecule has 0 bridgehead atoms. The van der Waals surface area contributed by atoms with E-state index >= 15 is 0 Å². The van der Waals surface area contributed by atoms with Crippen LogP contribution in [0.4, 0.5) is 11.4 Å². The molecule has 0 saturated heterocycles. The second kappa shape index (κ2) is 5.92. The van der Waals surface area contributed by atoms with Crippen molar-refractivity contribution in [2.24, 2.45) is 0 Å². The molecular formula is C24H18N2O2. The molecule has 0 radical (unpaired) electrons. The van der Waals surface area contributed by atoms with Crippen LogP contribution in [0.15, 0.2) is 84.9 Å². The Labute approximate surface area is 163 Å². The van der Waals surface area contributed by atoms with E-state index in [1.54, 1.807) is 0 Å². The molecule has 6 rings (SSSR count). The smallest absolute Gasteiger partial charge is 0.161 e. The minimum atomic E-state index is 0.735. The Balaban J connectivity index is 1.39. The van der Waals surface area contributed by atoms with Crippen LogP contribution in [0, 0.1) is 0 Å². The number of anilines is 2. The van der Waals surface area contributed by atoms with Crippen molar-refractivity contribution in [3.05, 3.63) is 96.1 Å². The summed E-state index contributed by atoms with van der Waals surface area (Å²) in [6, 6.07) is 28.9. The normalized spacial score (nSPS) is 14.6. The molecule has 2 aliphatic rings. The van der Waals surface area contributed by atoms with Gasteiger partial charge in [-0.3, -0.25) is 0 Å². The molecule has 0 amide bonds. The van der Waals surface area contributed by atoms with Gasteiger partial charge in [-0.15, -0.1) is 0 Å². The Morgan fingerprint density at radius 3 is 1.36 bits per heavy atom. The first-order valence-corrected chi connectivity index (χ1v) is 9.45. The molecule has 0 aliphatic carbocycles. The Hall–Kier alpha value is -3.66. The second-order valence-corrected chi connectivity index (χ2v) is 7.11. The Kier molecular flexibility index (Phi) is 3.26. The van der Waals surface area contributed by atoms with Crippen LogP contribution in [0.1, 0.15) is 11.1 Å². The average molecular weight is 366 g/mol. The predicted molar refractivity (Wildman–Crippen MR) is 110 cm³/mol. The van der Waals surface area contributed by atoms with Gasteiger partial charge in [-0.25, -0.2) is 10.1 Å². The van der Waals surface area contributed by atoms with E-state index in [0.29, 0.717) is 0 Å². The largest absolute Gasteiger partial charge is 0.379 e. The van der Waals surface area contributed by atoms with E-state index in [-0.39, 0.29) is 0 Å². The summed E-state index contributed by atoms with van der Waals surface area (Å²) in [5, 5.41) is 6.36. The average Bonchev–Trinajstić information content (AvgIpc) is 3.39. The number of hydrogen-bond acceptors (Lipinski definition) is 4. The summed E-state index contributed by atoms with van der Waals surface area (Å²) in [5.41, 5.74) is 4.57. The van der Waals surface area contributed by atoms with Crippen molar-refractivity contribution in [1.29, 1.82) is 0 Å². The molecule has 4 aromatic carbocycles. The van der Waals surface area contributed by atoms with Crippen LogP contribution in [0.3, 0.4) is 0 Å². The van der Waals surface area contributed by atoms with E-state index in [2.05, 4.69) is 48.5 Å². The van der Waals surface area contributed by atoms with Gasteiger partial charge in [0.1, 0.15) is 0 Å².